The quantitative estimate of drug-likeness (QED) is 0.358. The molecule has 0 atom stereocenters. The Balaban J connectivity index is 2.39. The molecule has 0 saturated carbocycles. The third-order valence-electron chi connectivity index (χ3n) is 5.14. The van der Waals surface area contributed by atoms with Gasteiger partial charge >= 0.3 is 5.97 Å². The molecule has 152 valence electrons. The molecule has 3 rings (SSSR count). The molecule has 29 heavy (non-hydrogen) atoms. The molecule has 0 unspecified atom stereocenters. The van der Waals surface area contributed by atoms with Crippen LogP contribution in [-0.2, 0) is 17.7 Å². The van der Waals surface area contributed by atoms with Crippen molar-refractivity contribution in [3.8, 4) is 0 Å². The predicted molar refractivity (Wildman–Crippen MR) is 117 cm³/mol. The number of hydrogen-bond acceptors (Lipinski definition) is 3. The summed E-state index contributed by atoms with van der Waals surface area (Å²) in [5.41, 5.74) is 3.77. The summed E-state index contributed by atoms with van der Waals surface area (Å²) in [6.45, 7) is 6.37. The molecule has 0 N–H and O–H groups in total. The number of benzene rings is 2. The Labute approximate surface area is 176 Å². The van der Waals surface area contributed by atoms with Crippen molar-refractivity contribution in [3.05, 3.63) is 69.9 Å². The van der Waals surface area contributed by atoms with Crippen LogP contribution in [0.3, 0.4) is 0 Å². The van der Waals surface area contributed by atoms with E-state index in [1.807, 2.05) is 44.2 Å². The molecule has 1 aromatic heterocycles. The zero-order chi connectivity index (χ0) is 21.1. The molecule has 0 amide bonds. The molecule has 2 aromatic carbocycles. The number of Topliss-reactive ketones (excluding diaryl/α,β-unsaturated/α-hetero) is 1. The first-order chi connectivity index (χ1) is 13.9. The monoisotopic (exact) mass is 411 g/mol. The second kappa shape index (κ2) is 8.83. The zero-order valence-corrected chi connectivity index (χ0v) is 18.0. The summed E-state index contributed by atoms with van der Waals surface area (Å²) in [6, 6.07) is 13.1. The van der Waals surface area contributed by atoms with Gasteiger partial charge in [-0.1, -0.05) is 69.1 Å². The fourth-order valence-electron chi connectivity index (χ4n) is 3.77. The van der Waals surface area contributed by atoms with Gasteiger partial charge in [0.05, 0.1) is 18.2 Å². The molecule has 4 nitrogen and oxygen atoms in total. The Bertz CT molecular complexity index is 1070. The molecule has 0 fully saturated rings. The van der Waals surface area contributed by atoms with E-state index in [1.54, 1.807) is 12.1 Å². The first-order valence-electron chi connectivity index (χ1n) is 9.90. The molecule has 0 aliphatic heterocycles. The smallest absolute Gasteiger partial charge is 0.340 e. The van der Waals surface area contributed by atoms with Crippen molar-refractivity contribution in [1.82, 2.24) is 4.57 Å². The van der Waals surface area contributed by atoms with Gasteiger partial charge in [0.1, 0.15) is 0 Å². The molecule has 0 aliphatic rings. The number of nitrogens with zero attached hydrogens (tertiary/aromatic N) is 1. The van der Waals surface area contributed by atoms with Crippen LogP contribution < -0.4 is 0 Å². The number of methoxy groups -OCH3 is 1. The van der Waals surface area contributed by atoms with E-state index in [9.17, 15) is 9.59 Å². The molecular formula is C24H26ClNO3. The van der Waals surface area contributed by atoms with Gasteiger partial charge in [0, 0.05) is 34.1 Å². The highest BCUT2D eigenvalue weighted by molar-refractivity contribution is 6.31. The first-order valence-corrected chi connectivity index (χ1v) is 10.3. The van der Waals surface area contributed by atoms with E-state index >= 15 is 0 Å². The maximum absolute atomic E-state index is 13.2. The molecular weight excluding hydrogens is 386 g/mol. The molecule has 5 heteroatoms. The van der Waals surface area contributed by atoms with Gasteiger partial charge < -0.3 is 9.30 Å². The molecule has 3 aromatic rings. The largest absolute Gasteiger partial charge is 0.465 e. The lowest BCUT2D eigenvalue weighted by atomic mass is 9.96. The highest BCUT2D eigenvalue weighted by Crippen LogP contribution is 2.33. The van der Waals surface area contributed by atoms with E-state index in [1.165, 1.54) is 7.11 Å². The second-order valence-corrected chi connectivity index (χ2v) is 7.87. The Morgan fingerprint density at radius 3 is 2.45 bits per heavy atom. The number of ketones is 1. The van der Waals surface area contributed by atoms with E-state index < -0.39 is 5.97 Å². The van der Waals surface area contributed by atoms with Crippen molar-refractivity contribution in [3.63, 3.8) is 0 Å². The number of rotatable bonds is 7. The summed E-state index contributed by atoms with van der Waals surface area (Å²) in [4.78, 5) is 25.7. The lowest BCUT2D eigenvalue weighted by Crippen LogP contribution is -2.13. The molecule has 0 aliphatic carbocycles. The summed E-state index contributed by atoms with van der Waals surface area (Å²) < 4.78 is 7.10. The maximum Gasteiger partial charge on any atom is 0.340 e. The molecule has 1 heterocycles. The highest BCUT2D eigenvalue weighted by Gasteiger charge is 2.27. The summed E-state index contributed by atoms with van der Waals surface area (Å²) in [5, 5.41) is 1.45. The molecule has 0 saturated heterocycles. The van der Waals surface area contributed by atoms with E-state index in [0.29, 0.717) is 22.7 Å². The van der Waals surface area contributed by atoms with Crippen LogP contribution in [-0.4, -0.2) is 23.4 Å². The van der Waals surface area contributed by atoms with E-state index in [4.69, 9.17) is 16.3 Å². The number of para-hydroxylation sites is 1. The number of carbonyl (C=O) groups excluding carboxylic acids is 2. The van der Waals surface area contributed by atoms with Crippen molar-refractivity contribution < 1.29 is 14.3 Å². The van der Waals surface area contributed by atoms with Crippen LogP contribution in [0.1, 0.15) is 59.2 Å². The van der Waals surface area contributed by atoms with Crippen molar-refractivity contribution in [2.24, 2.45) is 5.92 Å². The Morgan fingerprint density at radius 2 is 1.83 bits per heavy atom. The van der Waals surface area contributed by atoms with Gasteiger partial charge in [-0.2, -0.15) is 0 Å². The van der Waals surface area contributed by atoms with Crippen LogP contribution in [0.15, 0.2) is 42.5 Å². The van der Waals surface area contributed by atoms with Gasteiger partial charge in [-0.25, -0.2) is 4.79 Å². The number of ether oxygens (including phenoxy) is 1. The third kappa shape index (κ3) is 3.95. The average Bonchev–Trinajstić information content (AvgIpc) is 3.02. The highest BCUT2D eigenvalue weighted by atomic mass is 35.5. The Kier molecular flexibility index (Phi) is 6.43. The van der Waals surface area contributed by atoms with Gasteiger partial charge in [-0.15, -0.1) is 0 Å². The summed E-state index contributed by atoms with van der Waals surface area (Å²) >= 11 is 6.43. The Hall–Kier alpha value is -2.59. The van der Waals surface area contributed by atoms with Crippen LogP contribution >= 0.6 is 11.6 Å². The number of aromatic nitrogens is 1. The number of hydrogen-bond donors (Lipinski definition) is 0. The Morgan fingerprint density at radius 1 is 1.10 bits per heavy atom. The van der Waals surface area contributed by atoms with Crippen molar-refractivity contribution in [2.45, 2.75) is 40.2 Å². The van der Waals surface area contributed by atoms with Crippen molar-refractivity contribution >= 4 is 34.3 Å². The molecule has 0 spiro atoms. The fourth-order valence-corrected chi connectivity index (χ4v) is 3.96. The minimum absolute atomic E-state index is 0.0818. The minimum Gasteiger partial charge on any atom is -0.465 e. The van der Waals surface area contributed by atoms with Gasteiger partial charge in [0.15, 0.2) is 5.78 Å². The standard InChI is InChI=1S/C24H26ClNO3/c1-5-9-20-21(23(27)15(2)3)17-11-8-12-18(24(28)29-4)22(17)26(20)14-16-10-6-7-13-19(16)25/h6-8,10-13,15H,5,9,14H2,1-4H3. The average molecular weight is 412 g/mol. The van der Waals surface area contributed by atoms with Crippen molar-refractivity contribution in [2.75, 3.05) is 7.11 Å². The lowest BCUT2D eigenvalue weighted by molar-refractivity contribution is 0.0602. The van der Waals surface area contributed by atoms with Crippen LogP contribution in [0.2, 0.25) is 5.02 Å². The minimum atomic E-state index is -0.417. The number of halogens is 1. The van der Waals surface area contributed by atoms with E-state index in [0.717, 1.165) is 35.0 Å². The topological polar surface area (TPSA) is 48.3 Å². The number of fused-ring (bicyclic) bond motifs is 1. The van der Waals surface area contributed by atoms with Gasteiger partial charge in [-0.3, -0.25) is 4.79 Å². The predicted octanol–water partition coefficient (Wildman–Crippen LogP) is 5.92. The summed E-state index contributed by atoms with van der Waals surface area (Å²) in [6.07, 6.45) is 1.61. The fraction of sp³-hybridized carbons (Fsp3) is 0.333. The second-order valence-electron chi connectivity index (χ2n) is 7.46. The normalized spacial score (nSPS) is 11.2. The number of carbonyl (C=O) groups is 2. The first kappa shape index (κ1) is 21.1. The van der Waals surface area contributed by atoms with Gasteiger partial charge in [-0.05, 0) is 24.1 Å². The summed E-state index contributed by atoms with van der Waals surface area (Å²) in [7, 11) is 1.37. The molecule has 0 bridgehead atoms. The van der Waals surface area contributed by atoms with Gasteiger partial charge in [0.25, 0.3) is 0 Å². The van der Waals surface area contributed by atoms with E-state index in [2.05, 4.69) is 11.5 Å². The molecule has 0 radical (unpaired) electrons. The van der Waals surface area contributed by atoms with Crippen LogP contribution in [0.5, 0.6) is 0 Å². The summed E-state index contributed by atoms with van der Waals surface area (Å²) in [5.74, 6) is -0.481. The van der Waals surface area contributed by atoms with E-state index in [-0.39, 0.29) is 11.7 Å². The third-order valence-corrected chi connectivity index (χ3v) is 5.51. The lowest BCUT2D eigenvalue weighted by Gasteiger charge is -2.14. The van der Waals surface area contributed by atoms with Crippen LogP contribution in [0.4, 0.5) is 0 Å². The van der Waals surface area contributed by atoms with Gasteiger partial charge in [0.2, 0.25) is 0 Å². The van der Waals surface area contributed by atoms with Crippen LogP contribution in [0, 0.1) is 5.92 Å². The maximum atomic E-state index is 13.2. The zero-order valence-electron chi connectivity index (χ0n) is 17.3. The SMILES string of the molecule is CCCc1c(C(=O)C(C)C)c2cccc(C(=O)OC)c2n1Cc1ccccc1Cl. The van der Waals surface area contributed by atoms with Crippen molar-refractivity contribution in [1.29, 1.82) is 0 Å². The van der Waals surface area contributed by atoms with Crippen LogP contribution in [0.25, 0.3) is 10.9 Å². The number of esters is 1.